The van der Waals surface area contributed by atoms with E-state index in [0.717, 1.165) is 16.7 Å². The molecule has 24 heavy (non-hydrogen) atoms. The normalized spacial score (nSPS) is 16.4. The topological polar surface area (TPSA) is 75.4 Å². The Bertz CT molecular complexity index is 807. The highest BCUT2D eigenvalue weighted by Gasteiger charge is 2.33. The fraction of sp³-hybridized carbons (Fsp3) is 0.222. The maximum atomic E-state index is 12.7. The quantitative estimate of drug-likeness (QED) is 0.879. The van der Waals surface area contributed by atoms with Crippen molar-refractivity contribution in [3.8, 4) is 0 Å². The van der Waals surface area contributed by atoms with Gasteiger partial charge in [0.05, 0.1) is 0 Å². The molecule has 0 bridgehead atoms. The summed E-state index contributed by atoms with van der Waals surface area (Å²) in [5.41, 5.74) is 9.08. The fourth-order valence-electron chi connectivity index (χ4n) is 2.86. The minimum atomic E-state index is -0.666. The predicted molar refractivity (Wildman–Crippen MR) is 93.9 cm³/mol. The van der Waals surface area contributed by atoms with Crippen LogP contribution < -0.4 is 11.1 Å². The Kier molecular flexibility index (Phi) is 4.44. The van der Waals surface area contributed by atoms with Crippen molar-refractivity contribution in [2.75, 3.05) is 5.32 Å². The molecule has 6 heteroatoms. The minimum Gasteiger partial charge on any atom is -0.368 e. The summed E-state index contributed by atoms with van der Waals surface area (Å²) in [4.78, 5) is 25.9. The third kappa shape index (κ3) is 3.21. The number of urea groups is 1. The number of halogens is 1. The van der Waals surface area contributed by atoms with E-state index in [9.17, 15) is 9.59 Å². The zero-order valence-electron chi connectivity index (χ0n) is 13.3. The van der Waals surface area contributed by atoms with Crippen LogP contribution in [-0.2, 0) is 17.8 Å². The van der Waals surface area contributed by atoms with Crippen molar-refractivity contribution in [2.45, 2.75) is 25.9 Å². The van der Waals surface area contributed by atoms with Gasteiger partial charge in [-0.25, -0.2) is 4.79 Å². The van der Waals surface area contributed by atoms with Crippen LogP contribution in [0.15, 0.2) is 42.5 Å². The Morgan fingerprint density at radius 3 is 2.58 bits per heavy atom. The molecule has 2 aromatic rings. The lowest BCUT2D eigenvalue weighted by molar-refractivity contribution is -0.122. The van der Waals surface area contributed by atoms with Gasteiger partial charge in [0.1, 0.15) is 6.04 Å². The van der Waals surface area contributed by atoms with Gasteiger partial charge in [0.15, 0.2) is 0 Å². The van der Waals surface area contributed by atoms with E-state index in [1.165, 1.54) is 4.90 Å². The largest absolute Gasteiger partial charge is 0.368 e. The first kappa shape index (κ1) is 16.3. The van der Waals surface area contributed by atoms with Crippen molar-refractivity contribution in [1.82, 2.24) is 4.90 Å². The summed E-state index contributed by atoms with van der Waals surface area (Å²) < 4.78 is 0. The molecule has 1 heterocycles. The number of hydrogen-bond acceptors (Lipinski definition) is 2. The van der Waals surface area contributed by atoms with Crippen LogP contribution in [0.2, 0.25) is 5.02 Å². The molecule has 0 radical (unpaired) electrons. The molecule has 3 rings (SSSR count). The molecule has 0 fully saturated rings. The maximum Gasteiger partial charge on any atom is 0.322 e. The van der Waals surface area contributed by atoms with Crippen LogP contribution >= 0.6 is 11.6 Å². The molecule has 1 aliphatic rings. The summed E-state index contributed by atoms with van der Waals surface area (Å²) in [6.07, 6.45) is 0.424. The third-order valence-corrected chi connectivity index (χ3v) is 4.67. The molecule has 0 spiro atoms. The molecule has 0 saturated carbocycles. The van der Waals surface area contributed by atoms with Crippen LogP contribution in [0.25, 0.3) is 0 Å². The molecular formula is C18H18ClN3O2. The first-order chi connectivity index (χ1) is 11.5. The Labute approximate surface area is 145 Å². The van der Waals surface area contributed by atoms with Gasteiger partial charge in [-0.05, 0) is 35.7 Å². The van der Waals surface area contributed by atoms with Gasteiger partial charge in [0.2, 0.25) is 5.91 Å². The molecule has 124 valence electrons. The number of carbonyl (C=O) groups is 2. The molecule has 5 nitrogen and oxygen atoms in total. The monoisotopic (exact) mass is 343 g/mol. The van der Waals surface area contributed by atoms with E-state index in [0.29, 0.717) is 23.7 Å². The second kappa shape index (κ2) is 6.53. The van der Waals surface area contributed by atoms with Gasteiger partial charge < -0.3 is 16.0 Å². The molecule has 0 aliphatic carbocycles. The van der Waals surface area contributed by atoms with Crippen LogP contribution in [0, 0.1) is 6.92 Å². The number of nitrogens with zero attached hydrogens (tertiary/aromatic N) is 1. The van der Waals surface area contributed by atoms with E-state index in [1.807, 2.05) is 37.3 Å². The SMILES string of the molecule is Cc1ccc(NC(=O)N2Cc3ccccc3C[C@H]2C(N)=O)cc1Cl. The van der Waals surface area contributed by atoms with Crippen molar-refractivity contribution in [3.63, 3.8) is 0 Å². The fourth-order valence-corrected chi connectivity index (χ4v) is 3.04. The number of nitrogens with two attached hydrogens (primary N) is 1. The number of nitrogens with one attached hydrogen (secondary N) is 1. The van der Waals surface area contributed by atoms with E-state index >= 15 is 0 Å². The zero-order valence-corrected chi connectivity index (χ0v) is 14.0. The summed E-state index contributed by atoms with van der Waals surface area (Å²) in [6, 6.07) is 12.0. The molecule has 3 amide bonds. The van der Waals surface area contributed by atoms with E-state index < -0.39 is 11.9 Å². The van der Waals surface area contributed by atoms with Gasteiger partial charge in [-0.1, -0.05) is 41.9 Å². The summed E-state index contributed by atoms with van der Waals surface area (Å²) in [6.45, 7) is 2.23. The van der Waals surface area contributed by atoms with E-state index in [2.05, 4.69) is 5.32 Å². The number of amides is 3. The van der Waals surface area contributed by atoms with Gasteiger partial charge in [0.25, 0.3) is 0 Å². The van der Waals surface area contributed by atoms with Crippen LogP contribution in [0.1, 0.15) is 16.7 Å². The zero-order chi connectivity index (χ0) is 17.3. The highest BCUT2D eigenvalue weighted by molar-refractivity contribution is 6.31. The van der Waals surface area contributed by atoms with Crippen LogP contribution in [0.3, 0.4) is 0 Å². The number of aryl methyl sites for hydroxylation is 1. The molecule has 0 aromatic heterocycles. The number of primary amides is 1. The van der Waals surface area contributed by atoms with Gasteiger partial charge in [-0.2, -0.15) is 0 Å². The van der Waals surface area contributed by atoms with Gasteiger partial charge in [-0.15, -0.1) is 0 Å². The first-order valence-corrected chi connectivity index (χ1v) is 8.03. The number of hydrogen-bond donors (Lipinski definition) is 2. The molecule has 0 unspecified atom stereocenters. The highest BCUT2D eigenvalue weighted by atomic mass is 35.5. The molecule has 1 atom stereocenters. The van der Waals surface area contributed by atoms with Gasteiger partial charge >= 0.3 is 6.03 Å². The number of fused-ring (bicyclic) bond motifs is 1. The summed E-state index contributed by atoms with van der Waals surface area (Å²) >= 11 is 6.09. The first-order valence-electron chi connectivity index (χ1n) is 7.65. The maximum absolute atomic E-state index is 12.7. The van der Waals surface area contributed by atoms with E-state index in [1.54, 1.807) is 12.1 Å². The Hall–Kier alpha value is -2.53. The van der Waals surface area contributed by atoms with Crippen LogP contribution in [0.4, 0.5) is 10.5 Å². The molecule has 1 aliphatic heterocycles. The second-order valence-corrected chi connectivity index (χ2v) is 6.32. The van der Waals surface area contributed by atoms with Crippen LogP contribution in [0.5, 0.6) is 0 Å². The lowest BCUT2D eigenvalue weighted by Gasteiger charge is -2.35. The molecular weight excluding hydrogens is 326 g/mol. The molecule has 0 saturated heterocycles. The smallest absolute Gasteiger partial charge is 0.322 e. The van der Waals surface area contributed by atoms with E-state index in [-0.39, 0.29) is 6.03 Å². The van der Waals surface area contributed by atoms with Crippen molar-refractivity contribution < 1.29 is 9.59 Å². The third-order valence-electron chi connectivity index (χ3n) is 4.26. The van der Waals surface area contributed by atoms with Crippen LogP contribution in [-0.4, -0.2) is 22.9 Å². The van der Waals surface area contributed by atoms with Crippen molar-refractivity contribution >= 4 is 29.2 Å². The number of carbonyl (C=O) groups excluding carboxylic acids is 2. The van der Waals surface area contributed by atoms with Crippen molar-refractivity contribution in [2.24, 2.45) is 5.73 Å². The Balaban J connectivity index is 1.84. The second-order valence-electron chi connectivity index (χ2n) is 5.91. The number of rotatable bonds is 2. The summed E-state index contributed by atoms with van der Waals surface area (Å²) in [5, 5.41) is 3.36. The van der Waals surface area contributed by atoms with Gasteiger partial charge in [0, 0.05) is 23.7 Å². The summed E-state index contributed by atoms with van der Waals surface area (Å²) in [5.74, 6) is -0.512. The highest BCUT2D eigenvalue weighted by Crippen LogP contribution is 2.25. The Morgan fingerprint density at radius 2 is 1.92 bits per heavy atom. The Morgan fingerprint density at radius 1 is 1.21 bits per heavy atom. The number of anilines is 1. The van der Waals surface area contributed by atoms with Gasteiger partial charge in [-0.3, -0.25) is 4.79 Å². The molecule has 2 aromatic carbocycles. The van der Waals surface area contributed by atoms with Crippen molar-refractivity contribution in [1.29, 1.82) is 0 Å². The molecule has 3 N–H and O–H groups in total. The minimum absolute atomic E-state index is 0.342. The lowest BCUT2D eigenvalue weighted by Crippen LogP contribution is -2.52. The van der Waals surface area contributed by atoms with E-state index in [4.69, 9.17) is 17.3 Å². The van der Waals surface area contributed by atoms with Crippen molar-refractivity contribution in [3.05, 3.63) is 64.2 Å². The lowest BCUT2D eigenvalue weighted by atomic mass is 9.94. The summed E-state index contributed by atoms with van der Waals surface area (Å²) in [7, 11) is 0. The average molecular weight is 344 g/mol. The number of benzene rings is 2. The predicted octanol–water partition coefficient (Wildman–Crippen LogP) is 3.09. The average Bonchev–Trinajstić information content (AvgIpc) is 2.57. The standard InChI is InChI=1S/C18H18ClN3O2/c1-11-6-7-14(9-15(11)19)21-18(24)22-10-13-5-3-2-4-12(13)8-16(22)17(20)23/h2-7,9,16H,8,10H2,1H3,(H2,20,23)(H,21,24)/t16-/m0/s1.